The minimum absolute atomic E-state index is 0.0481. The third kappa shape index (κ3) is 5.41. The molecule has 2 aliphatic rings. The minimum Gasteiger partial charge on any atom is -0.379 e. The van der Waals surface area contributed by atoms with E-state index in [1.54, 1.807) is 12.3 Å². The van der Waals surface area contributed by atoms with Gasteiger partial charge in [0, 0.05) is 42.9 Å². The lowest BCUT2D eigenvalue weighted by molar-refractivity contribution is -0.167. The molecule has 0 aliphatic carbocycles. The standard InChI is InChI=1S/C29H35FN8O3/c1-28(2,3)26-34-22(37-41-26)13-31-12-18-6-5-17(11-21(18)30)20-7-9-32-24-23(20)25(36-35-24)33-19-8-10-38(14-19)27(39)29(4)15-40-16-29/h5-7,9,11,19,31H,8,10,12-16H2,1-4H3,(H2,32,33,35,36)/t19-/m0/s1. The fraction of sp³-hybridized carbons (Fsp3) is 0.483. The number of pyridine rings is 1. The molecule has 6 rings (SSSR count). The fourth-order valence-electron chi connectivity index (χ4n) is 5.26. The van der Waals surface area contributed by atoms with Gasteiger partial charge in [0.05, 0.1) is 30.6 Å². The summed E-state index contributed by atoms with van der Waals surface area (Å²) in [5.41, 5.74) is 2.03. The molecule has 216 valence electrons. The third-order valence-corrected chi connectivity index (χ3v) is 7.71. The summed E-state index contributed by atoms with van der Waals surface area (Å²) in [6.07, 6.45) is 2.49. The Labute approximate surface area is 237 Å². The van der Waals surface area contributed by atoms with Crippen LogP contribution in [0, 0.1) is 11.2 Å². The number of carbonyl (C=O) groups excluding carboxylic acids is 1. The maximum absolute atomic E-state index is 15.2. The molecule has 2 saturated heterocycles. The van der Waals surface area contributed by atoms with E-state index in [0.717, 1.165) is 22.9 Å². The molecule has 11 nitrogen and oxygen atoms in total. The van der Waals surface area contributed by atoms with E-state index in [0.29, 0.717) is 68.1 Å². The zero-order valence-corrected chi connectivity index (χ0v) is 23.8. The average Bonchev–Trinajstić information content (AvgIpc) is 3.68. The van der Waals surface area contributed by atoms with Gasteiger partial charge in [0.2, 0.25) is 11.8 Å². The summed E-state index contributed by atoms with van der Waals surface area (Å²) < 4.78 is 25.8. The van der Waals surface area contributed by atoms with Crippen LogP contribution in [0.25, 0.3) is 22.2 Å². The van der Waals surface area contributed by atoms with Gasteiger partial charge >= 0.3 is 0 Å². The highest BCUT2D eigenvalue weighted by atomic mass is 19.1. The normalized spacial score (nSPS) is 18.6. The molecule has 2 fully saturated rings. The molecule has 5 heterocycles. The molecular weight excluding hydrogens is 527 g/mol. The van der Waals surface area contributed by atoms with Gasteiger partial charge in [-0.05, 0) is 36.6 Å². The van der Waals surface area contributed by atoms with Crippen molar-refractivity contribution < 1.29 is 18.4 Å². The zero-order chi connectivity index (χ0) is 28.8. The maximum atomic E-state index is 15.2. The topological polar surface area (TPSA) is 134 Å². The smallest absolute Gasteiger partial charge is 0.233 e. The van der Waals surface area contributed by atoms with Crippen LogP contribution in [0.1, 0.15) is 51.4 Å². The average molecular weight is 563 g/mol. The number of carbonyl (C=O) groups is 1. The van der Waals surface area contributed by atoms with E-state index >= 15 is 4.39 Å². The molecule has 12 heteroatoms. The number of likely N-dealkylation sites (tertiary alicyclic amines) is 1. The first-order valence-corrected chi connectivity index (χ1v) is 13.9. The number of anilines is 1. The fourth-order valence-corrected chi connectivity index (χ4v) is 5.26. The summed E-state index contributed by atoms with van der Waals surface area (Å²) in [6, 6.07) is 7.12. The molecule has 0 saturated carbocycles. The summed E-state index contributed by atoms with van der Waals surface area (Å²) in [4.78, 5) is 23.7. The number of amides is 1. The van der Waals surface area contributed by atoms with Crippen LogP contribution in [-0.4, -0.2) is 68.5 Å². The predicted octanol–water partition coefficient (Wildman–Crippen LogP) is 3.78. The van der Waals surface area contributed by atoms with Crippen molar-refractivity contribution in [2.75, 3.05) is 31.6 Å². The minimum atomic E-state index is -0.417. The number of hydrogen-bond acceptors (Lipinski definition) is 9. The number of nitrogens with zero attached hydrogens (tertiary/aromatic N) is 5. The van der Waals surface area contributed by atoms with Crippen molar-refractivity contribution in [1.82, 2.24) is 35.5 Å². The predicted molar refractivity (Wildman–Crippen MR) is 150 cm³/mol. The van der Waals surface area contributed by atoms with Crippen LogP contribution in [0.15, 0.2) is 35.0 Å². The number of H-pyrrole nitrogens is 1. The van der Waals surface area contributed by atoms with Crippen molar-refractivity contribution in [3.05, 3.63) is 53.6 Å². The van der Waals surface area contributed by atoms with E-state index in [-0.39, 0.29) is 23.2 Å². The highest BCUT2D eigenvalue weighted by molar-refractivity contribution is 6.00. The molecule has 1 amide bonds. The number of nitrogens with one attached hydrogen (secondary N) is 3. The van der Waals surface area contributed by atoms with Crippen LogP contribution in [0.3, 0.4) is 0 Å². The van der Waals surface area contributed by atoms with Crippen molar-refractivity contribution in [1.29, 1.82) is 0 Å². The second-order valence-electron chi connectivity index (χ2n) is 12.3. The van der Waals surface area contributed by atoms with Gasteiger partial charge in [-0.2, -0.15) is 10.1 Å². The van der Waals surface area contributed by atoms with Crippen LogP contribution >= 0.6 is 0 Å². The number of ether oxygens (including phenoxy) is 1. The van der Waals surface area contributed by atoms with Crippen molar-refractivity contribution >= 4 is 22.8 Å². The Morgan fingerprint density at radius 1 is 1.24 bits per heavy atom. The molecule has 0 bridgehead atoms. The van der Waals surface area contributed by atoms with Gasteiger partial charge in [-0.15, -0.1) is 0 Å². The van der Waals surface area contributed by atoms with Crippen LogP contribution in [-0.2, 0) is 28.0 Å². The number of benzene rings is 1. The van der Waals surface area contributed by atoms with Gasteiger partial charge < -0.3 is 24.8 Å². The molecule has 2 aliphatic heterocycles. The second kappa shape index (κ2) is 10.5. The van der Waals surface area contributed by atoms with Crippen molar-refractivity contribution in [3.63, 3.8) is 0 Å². The number of halogens is 1. The molecule has 3 aromatic heterocycles. The number of aromatic nitrogens is 5. The number of aromatic amines is 1. The summed E-state index contributed by atoms with van der Waals surface area (Å²) in [5, 5.41) is 18.9. The van der Waals surface area contributed by atoms with Gasteiger partial charge in [-0.3, -0.25) is 9.89 Å². The summed E-state index contributed by atoms with van der Waals surface area (Å²) in [5.74, 6) is 1.56. The lowest BCUT2D eigenvalue weighted by atomic mass is 9.87. The first kappa shape index (κ1) is 27.3. The van der Waals surface area contributed by atoms with E-state index in [2.05, 4.69) is 36.0 Å². The highest BCUT2D eigenvalue weighted by Crippen LogP contribution is 2.34. The van der Waals surface area contributed by atoms with Crippen LogP contribution in [0.2, 0.25) is 0 Å². The van der Waals surface area contributed by atoms with Crippen molar-refractivity contribution in [3.8, 4) is 11.1 Å². The van der Waals surface area contributed by atoms with E-state index < -0.39 is 5.41 Å². The molecule has 1 atom stereocenters. The molecule has 0 radical (unpaired) electrons. The molecule has 3 N–H and O–H groups in total. The summed E-state index contributed by atoms with van der Waals surface area (Å²) in [7, 11) is 0. The Kier molecular flexibility index (Phi) is 6.98. The Morgan fingerprint density at radius 2 is 2.07 bits per heavy atom. The van der Waals surface area contributed by atoms with E-state index in [1.807, 2.05) is 44.7 Å². The van der Waals surface area contributed by atoms with Crippen molar-refractivity contribution in [2.45, 2.75) is 58.7 Å². The Bertz CT molecular complexity index is 1570. The van der Waals surface area contributed by atoms with Gasteiger partial charge in [-0.1, -0.05) is 38.1 Å². The third-order valence-electron chi connectivity index (χ3n) is 7.71. The van der Waals surface area contributed by atoms with Crippen LogP contribution in [0.5, 0.6) is 0 Å². The first-order chi connectivity index (χ1) is 19.6. The first-order valence-electron chi connectivity index (χ1n) is 13.9. The maximum Gasteiger partial charge on any atom is 0.233 e. The van der Waals surface area contributed by atoms with Gasteiger partial charge in [0.1, 0.15) is 5.82 Å². The monoisotopic (exact) mass is 562 g/mol. The van der Waals surface area contributed by atoms with E-state index in [4.69, 9.17) is 9.26 Å². The second-order valence-corrected chi connectivity index (χ2v) is 12.3. The summed E-state index contributed by atoms with van der Waals surface area (Å²) >= 11 is 0. The van der Waals surface area contributed by atoms with Crippen molar-refractivity contribution in [2.24, 2.45) is 5.41 Å². The molecular formula is C29H35FN8O3. The van der Waals surface area contributed by atoms with Crippen LogP contribution in [0.4, 0.5) is 10.2 Å². The molecule has 41 heavy (non-hydrogen) atoms. The molecule has 4 aromatic rings. The lowest BCUT2D eigenvalue weighted by Gasteiger charge is -2.39. The molecule has 1 aromatic carbocycles. The van der Waals surface area contributed by atoms with Gasteiger partial charge in [0.15, 0.2) is 17.3 Å². The highest BCUT2D eigenvalue weighted by Gasteiger charge is 2.45. The van der Waals surface area contributed by atoms with E-state index in [9.17, 15) is 4.79 Å². The molecule has 0 unspecified atom stereocenters. The molecule has 0 spiro atoms. The van der Waals surface area contributed by atoms with Gasteiger partial charge in [0.25, 0.3) is 0 Å². The summed E-state index contributed by atoms with van der Waals surface area (Å²) in [6.45, 7) is 10.9. The number of fused-ring (bicyclic) bond motifs is 1. The number of rotatable bonds is 8. The van der Waals surface area contributed by atoms with E-state index in [1.165, 1.54) is 6.07 Å². The zero-order valence-electron chi connectivity index (χ0n) is 23.8. The Hall–Kier alpha value is -3.90. The van der Waals surface area contributed by atoms with Gasteiger partial charge in [-0.25, -0.2) is 9.37 Å². The number of hydrogen-bond donors (Lipinski definition) is 3. The largest absolute Gasteiger partial charge is 0.379 e. The Morgan fingerprint density at radius 3 is 2.78 bits per heavy atom. The van der Waals surface area contributed by atoms with Crippen LogP contribution < -0.4 is 10.6 Å². The lowest BCUT2D eigenvalue weighted by Crippen LogP contribution is -2.53. The Balaban J connectivity index is 1.14. The SMILES string of the molecule is CC1(C(=O)N2CC[C@H](Nc3n[nH]c4nccc(-c5ccc(CNCc6noc(C(C)(C)C)n6)c(F)c5)c34)C2)COC1. The quantitative estimate of drug-likeness (QED) is 0.293.